The zero-order valence-electron chi connectivity index (χ0n) is 28.6. The number of carbonyl (C=O) groups is 1. The molecule has 0 bridgehead atoms. The van der Waals surface area contributed by atoms with E-state index in [1.54, 1.807) is 13.8 Å². The number of nitrogens with two attached hydrogens (primary N) is 1. The fraction of sp³-hybridized carbons (Fsp3) is 0.375. The number of nitrogen functional groups attached to an aromatic ring is 1. The molecule has 0 aromatic carbocycles. The van der Waals surface area contributed by atoms with Gasteiger partial charge in [0.05, 0.1) is 21.1 Å². The summed E-state index contributed by atoms with van der Waals surface area (Å²) in [6, 6.07) is 4.13. The number of halogens is 7. The number of thiazole rings is 2. The number of carbonyl (C=O) groups excluding carboxylic acids is 1. The van der Waals surface area contributed by atoms with E-state index in [9.17, 15) is 40.7 Å². The lowest BCUT2D eigenvalue weighted by Crippen LogP contribution is -2.37. The zero-order chi connectivity index (χ0) is 39.4. The van der Waals surface area contributed by atoms with E-state index in [4.69, 9.17) is 15.9 Å². The normalized spacial score (nSPS) is 12.1. The maximum Gasteiger partial charge on any atom is 0.400 e. The van der Waals surface area contributed by atoms with Crippen molar-refractivity contribution in [3.63, 3.8) is 0 Å². The number of amides is 1. The smallest absolute Gasteiger partial charge is 0.400 e. The van der Waals surface area contributed by atoms with Crippen molar-refractivity contribution in [1.29, 1.82) is 0 Å². The van der Waals surface area contributed by atoms with Gasteiger partial charge in [0.2, 0.25) is 0 Å². The molecular formula is C32H35F6IN6O5S2. The number of aryl methyl sites for hydroxylation is 2. The number of imidazole rings is 1. The van der Waals surface area contributed by atoms with Crippen LogP contribution in [0.5, 0.6) is 0 Å². The molecule has 0 aliphatic carbocycles. The third-order valence-electron chi connectivity index (χ3n) is 7.28. The monoisotopic (exact) mass is 889 g/mol. The predicted molar refractivity (Wildman–Crippen MR) is 198 cm³/mol. The summed E-state index contributed by atoms with van der Waals surface area (Å²) in [6.07, 6.45) is -4.95. The Bertz CT molecular complexity index is 2130. The van der Waals surface area contributed by atoms with Crippen LogP contribution in [-0.4, -0.2) is 42.8 Å². The molecule has 20 heteroatoms. The van der Waals surface area contributed by atoms with E-state index in [1.165, 1.54) is 35.4 Å². The van der Waals surface area contributed by atoms with E-state index < -0.39 is 52.0 Å². The zero-order valence-corrected chi connectivity index (χ0v) is 31.4. The van der Waals surface area contributed by atoms with Crippen LogP contribution in [-0.2, 0) is 10.8 Å². The summed E-state index contributed by atoms with van der Waals surface area (Å²) >= 11 is 4.10. The number of hydrogen-bond donors (Lipinski definition) is 2. The lowest BCUT2D eigenvalue weighted by molar-refractivity contribution is -0.185. The first-order valence-corrected chi connectivity index (χ1v) is 17.4. The fourth-order valence-corrected chi connectivity index (χ4v) is 5.81. The quantitative estimate of drug-likeness (QED) is 0.0996. The summed E-state index contributed by atoms with van der Waals surface area (Å²) in [4.78, 5) is 49.0. The molecular weight excluding hydrogens is 853 g/mol. The van der Waals surface area contributed by atoms with Crippen LogP contribution in [0.15, 0.2) is 61.4 Å². The molecule has 284 valence electrons. The summed E-state index contributed by atoms with van der Waals surface area (Å²) in [7, 11) is 0. The molecule has 5 rings (SSSR count). The highest BCUT2D eigenvalue weighted by Gasteiger charge is 2.51. The molecule has 0 saturated carbocycles. The van der Waals surface area contributed by atoms with E-state index in [2.05, 4.69) is 20.3 Å². The van der Waals surface area contributed by atoms with Crippen LogP contribution in [0.4, 0.5) is 41.4 Å². The summed E-state index contributed by atoms with van der Waals surface area (Å²) in [5.74, 6) is -0.942. The summed E-state index contributed by atoms with van der Waals surface area (Å²) < 4.78 is 96.2. The van der Waals surface area contributed by atoms with Gasteiger partial charge in [0, 0.05) is 37.0 Å². The second-order valence-corrected chi connectivity index (χ2v) is 13.6. The molecule has 1 amide bonds. The van der Waals surface area contributed by atoms with Gasteiger partial charge in [-0.25, -0.2) is 29.3 Å². The van der Waals surface area contributed by atoms with Crippen molar-refractivity contribution >= 4 is 61.6 Å². The molecule has 52 heavy (non-hydrogen) atoms. The molecule has 0 spiro atoms. The van der Waals surface area contributed by atoms with E-state index in [0.29, 0.717) is 31.6 Å². The highest BCUT2D eigenvalue weighted by molar-refractivity contribution is 14.1. The summed E-state index contributed by atoms with van der Waals surface area (Å²) in [5.41, 5.74) is 0.779. The second kappa shape index (κ2) is 16.7. The fourth-order valence-electron chi connectivity index (χ4n) is 4.05. The molecule has 0 aliphatic rings. The lowest BCUT2D eigenvalue weighted by atomic mass is 9.88. The number of rotatable bonds is 5. The van der Waals surface area contributed by atoms with Crippen LogP contribution >= 0.6 is 45.3 Å². The number of alkyl halides is 7. The third kappa shape index (κ3) is 9.88. The first-order valence-electron chi connectivity index (χ1n) is 14.9. The number of hydrogen-bond acceptors (Lipinski definition) is 11. The number of aromatic nitrogens is 4. The number of nitrogens with zero attached hydrogens (tertiary/aromatic N) is 4. The maximum absolute atomic E-state index is 13.3. The van der Waals surface area contributed by atoms with Gasteiger partial charge in [0.25, 0.3) is 0 Å². The highest BCUT2D eigenvalue weighted by Crippen LogP contribution is 2.43. The Kier molecular flexibility index (Phi) is 13.6. The molecule has 3 N–H and O–H groups in total. The molecule has 11 nitrogen and oxygen atoms in total. The average Bonchev–Trinajstić information content (AvgIpc) is 3.76. The lowest BCUT2D eigenvalue weighted by Gasteiger charge is -2.26. The van der Waals surface area contributed by atoms with Crippen molar-refractivity contribution in [2.75, 3.05) is 16.0 Å². The third-order valence-corrected chi connectivity index (χ3v) is 9.43. The van der Waals surface area contributed by atoms with Gasteiger partial charge in [-0.3, -0.25) is 9.88 Å². The minimum absolute atomic E-state index is 0. The van der Waals surface area contributed by atoms with Crippen LogP contribution in [0.1, 0.15) is 59.4 Å². The van der Waals surface area contributed by atoms with Crippen molar-refractivity contribution < 1.29 is 41.3 Å². The minimum Gasteiger partial charge on any atom is -0.427 e. The Balaban J connectivity index is 0.000000347. The topological polar surface area (TPSA) is 159 Å². The van der Waals surface area contributed by atoms with Gasteiger partial charge < -0.3 is 14.6 Å². The molecule has 0 aliphatic heterocycles. The SMILES string of the molecule is C.Cc1nc(N)sc1-c1cc(C(C)(C)C(F)(F)F)oc(=O)c1.Cc1nc(NC(=O)n2ccnc2)sc1-c1cc(C(C)(C)C(F)(F)F)oc(=O)c1.[2H]CI. The van der Waals surface area contributed by atoms with Crippen molar-refractivity contribution in [2.45, 2.75) is 72.2 Å². The Morgan fingerprint density at radius 2 is 1.31 bits per heavy atom. The van der Waals surface area contributed by atoms with Gasteiger partial charge in [-0.1, -0.05) is 52.7 Å². The molecule has 5 aromatic heterocycles. The van der Waals surface area contributed by atoms with Crippen LogP contribution in [0, 0.1) is 13.8 Å². The summed E-state index contributed by atoms with van der Waals surface area (Å²) in [5, 5.41) is 3.09. The van der Waals surface area contributed by atoms with Crippen LogP contribution in [0.2, 0.25) is 0 Å². The van der Waals surface area contributed by atoms with Crippen molar-refractivity contribution in [1.82, 2.24) is 19.5 Å². The van der Waals surface area contributed by atoms with Gasteiger partial charge >= 0.3 is 29.6 Å². The van der Waals surface area contributed by atoms with E-state index >= 15 is 0 Å². The van der Waals surface area contributed by atoms with E-state index in [-0.39, 0.29) is 23.3 Å². The predicted octanol–water partition coefficient (Wildman–Crippen LogP) is 9.37. The van der Waals surface area contributed by atoms with E-state index in [0.717, 1.165) is 62.5 Å². The van der Waals surface area contributed by atoms with Gasteiger partial charge in [-0.15, -0.1) is 0 Å². The van der Waals surface area contributed by atoms with Gasteiger partial charge in [-0.05, 0) is 58.6 Å². The highest BCUT2D eigenvalue weighted by atomic mass is 127. The number of nitrogens with one attached hydrogen (secondary N) is 1. The molecule has 0 unspecified atom stereocenters. The Morgan fingerprint density at radius 3 is 1.69 bits per heavy atom. The van der Waals surface area contributed by atoms with Crippen LogP contribution in [0.25, 0.3) is 20.9 Å². The van der Waals surface area contributed by atoms with Crippen LogP contribution < -0.4 is 22.3 Å². The number of anilines is 2. The van der Waals surface area contributed by atoms with Crippen molar-refractivity contribution in [2.24, 2.45) is 0 Å². The van der Waals surface area contributed by atoms with Gasteiger partial charge in [0.15, 0.2) is 10.3 Å². The molecule has 0 fully saturated rings. The van der Waals surface area contributed by atoms with Gasteiger partial charge in [0.1, 0.15) is 28.7 Å². The first kappa shape index (κ1) is 42.4. The Hall–Kier alpha value is -4.05. The van der Waals surface area contributed by atoms with Crippen molar-refractivity contribution in [3.8, 4) is 20.9 Å². The van der Waals surface area contributed by atoms with Crippen LogP contribution in [0.3, 0.4) is 0 Å². The molecule has 0 atom stereocenters. The first-order chi connectivity index (χ1) is 23.9. The standard InChI is InChI=1S/C17H15F3N4O3S.C13H13F3N2O2S.CH3I.CH4/c1-9-13(28-14(22-9)23-15(26)24-5-4-21-8-24)10-6-11(27-12(25)7-10)16(2,3)17(18,19)20;1-6-10(21-11(17)18-6)7-4-8(20-9(19)5-7)12(2,3)13(14,15)16;1-2;/h4-8H,1-3H3,(H,22,23,26);4-5H,1-3H3,(H2,17,18);1H3;1H4/i;;1D;. The molecule has 5 heterocycles. The Morgan fingerprint density at radius 1 is 0.865 bits per heavy atom. The van der Waals surface area contributed by atoms with Crippen molar-refractivity contribution in [3.05, 3.63) is 86.7 Å². The molecule has 0 radical (unpaired) electrons. The second-order valence-electron chi connectivity index (χ2n) is 11.6. The maximum atomic E-state index is 13.3. The molecule has 0 saturated heterocycles. The largest absolute Gasteiger partial charge is 0.427 e. The molecule has 5 aromatic rings. The average molecular weight is 890 g/mol. The van der Waals surface area contributed by atoms with Gasteiger partial charge in [-0.2, -0.15) is 26.3 Å². The Labute approximate surface area is 316 Å². The van der Waals surface area contributed by atoms with E-state index in [1.807, 2.05) is 22.6 Å². The minimum atomic E-state index is -4.60. The summed E-state index contributed by atoms with van der Waals surface area (Å²) in [6.45, 7) is 7.09.